The van der Waals surface area contributed by atoms with Crippen LogP contribution in [0.15, 0.2) is 60.2 Å². The van der Waals surface area contributed by atoms with E-state index in [1.807, 2.05) is 44.2 Å². The van der Waals surface area contributed by atoms with Gasteiger partial charge in [-0.15, -0.1) is 0 Å². The molecular weight excluding hydrogens is 498 g/mol. The average molecular weight is 526 g/mol. The van der Waals surface area contributed by atoms with Crippen molar-refractivity contribution in [3.05, 3.63) is 82.4 Å². The quantitative estimate of drug-likeness (QED) is 0.218. The van der Waals surface area contributed by atoms with Crippen LogP contribution >= 0.6 is 0 Å². The Hall–Kier alpha value is -4.79. The van der Waals surface area contributed by atoms with Crippen molar-refractivity contribution in [2.75, 3.05) is 19.1 Å². The number of aromatic nitrogens is 2. The van der Waals surface area contributed by atoms with Crippen molar-refractivity contribution < 1.29 is 28.9 Å². The van der Waals surface area contributed by atoms with Crippen molar-refractivity contribution in [1.82, 2.24) is 9.97 Å². The highest BCUT2D eigenvalue weighted by Crippen LogP contribution is 2.43. The molecule has 1 aromatic heterocycles. The van der Waals surface area contributed by atoms with E-state index in [1.54, 1.807) is 24.3 Å². The van der Waals surface area contributed by atoms with Gasteiger partial charge in [0.15, 0.2) is 11.5 Å². The zero-order chi connectivity index (χ0) is 27.4. The van der Waals surface area contributed by atoms with Gasteiger partial charge in [-0.2, -0.15) is 0 Å². The van der Waals surface area contributed by atoms with Crippen molar-refractivity contribution >= 4 is 34.4 Å². The van der Waals surface area contributed by atoms with Gasteiger partial charge in [0, 0.05) is 24.1 Å². The van der Waals surface area contributed by atoms with Crippen molar-refractivity contribution in [3.63, 3.8) is 0 Å². The number of ether oxygens (including phenoxy) is 3. The second-order valence-corrected chi connectivity index (χ2v) is 9.82. The van der Waals surface area contributed by atoms with E-state index in [0.29, 0.717) is 40.1 Å². The number of aryl methyl sites for hydroxylation is 1. The summed E-state index contributed by atoms with van der Waals surface area (Å²) in [6, 6.07) is 15.3. The van der Waals surface area contributed by atoms with Gasteiger partial charge < -0.3 is 24.3 Å². The summed E-state index contributed by atoms with van der Waals surface area (Å²) in [6.45, 7) is 3.90. The van der Waals surface area contributed by atoms with Crippen molar-refractivity contribution in [2.24, 2.45) is 0 Å². The van der Waals surface area contributed by atoms with E-state index in [1.165, 1.54) is 19.1 Å². The molecule has 9 nitrogen and oxygen atoms in total. The van der Waals surface area contributed by atoms with Gasteiger partial charge in [0.2, 0.25) is 5.95 Å². The molecule has 2 atom stereocenters. The predicted molar refractivity (Wildman–Crippen MR) is 145 cm³/mol. The summed E-state index contributed by atoms with van der Waals surface area (Å²) in [5, 5.41) is 11.5. The molecule has 1 saturated heterocycles. The molecule has 2 aliphatic heterocycles. The Morgan fingerprint density at radius 3 is 2.59 bits per heavy atom. The Bertz CT molecular complexity index is 1650. The molecule has 0 saturated carbocycles. The number of methoxy groups -OCH3 is 2. The highest BCUT2D eigenvalue weighted by Gasteiger charge is 2.48. The Labute approximate surface area is 224 Å². The van der Waals surface area contributed by atoms with Crippen LogP contribution in [0.25, 0.3) is 16.8 Å². The number of imidazole rings is 1. The van der Waals surface area contributed by atoms with Gasteiger partial charge in [0.25, 0.3) is 5.78 Å². The van der Waals surface area contributed by atoms with E-state index in [-0.39, 0.29) is 23.4 Å². The largest absolute Gasteiger partial charge is 0.507 e. The van der Waals surface area contributed by atoms with E-state index in [2.05, 4.69) is 9.97 Å². The standard InChI is InChI=1S/C30H27N3O6/c1-15-6-5-7-17(10-15)26-25(27(34)18-8-9-22-19(12-18)11-16(2)39-22)28(35)29(36)33(26)30-31-20-13-23(37-3)24(38-4)14-21(20)32-30/h5-10,12-14,16,26,34H,11H2,1-4H3,(H,31,32)/b27-25+. The number of Topliss-reactive ketones (excluding diaryl/α,β-unsaturated/α-hetero) is 1. The Morgan fingerprint density at radius 2 is 1.85 bits per heavy atom. The summed E-state index contributed by atoms with van der Waals surface area (Å²) in [6.07, 6.45) is 0.721. The zero-order valence-corrected chi connectivity index (χ0v) is 21.9. The summed E-state index contributed by atoms with van der Waals surface area (Å²) in [7, 11) is 3.06. The maximum Gasteiger partial charge on any atom is 0.302 e. The van der Waals surface area contributed by atoms with E-state index in [0.717, 1.165) is 16.9 Å². The lowest BCUT2D eigenvalue weighted by atomic mass is 9.94. The number of fused-ring (bicyclic) bond motifs is 2. The molecular formula is C30H27N3O6. The van der Waals surface area contributed by atoms with Gasteiger partial charge in [-0.3, -0.25) is 14.5 Å². The molecule has 2 N–H and O–H groups in total. The van der Waals surface area contributed by atoms with Crippen LogP contribution in [-0.4, -0.2) is 47.1 Å². The lowest BCUT2D eigenvalue weighted by Crippen LogP contribution is -2.30. The number of benzene rings is 3. The number of nitrogens with zero attached hydrogens (tertiary/aromatic N) is 2. The van der Waals surface area contributed by atoms with E-state index in [9.17, 15) is 14.7 Å². The van der Waals surface area contributed by atoms with E-state index in [4.69, 9.17) is 14.2 Å². The van der Waals surface area contributed by atoms with Crippen LogP contribution in [0.3, 0.4) is 0 Å². The van der Waals surface area contributed by atoms with E-state index >= 15 is 0 Å². The van der Waals surface area contributed by atoms with Crippen molar-refractivity contribution in [3.8, 4) is 17.2 Å². The van der Waals surface area contributed by atoms with Gasteiger partial charge in [-0.1, -0.05) is 29.8 Å². The molecule has 6 rings (SSSR count). The van der Waals surface area contributed by atoms with Crippen LogP contribution in [0.2, 0.25) is 0 Å². The van der Waals surface area contributed by atoms with Crippen LogP contribution in [0.5, 0.6) is 17.2 Å². The number of H-pyrrole nitrogens is 1. The monoisotopic (exact) mass is 525 g/mol. The Kier molecular flexibility index (Phi) is 5.79. The van der Waals surface area contributed by atoms with Crippen LogP contribution < -0.4 is 19.1 Å². The number of nitrogens with one attached hydrogen (secondary N) is 1. The summed E-state index contributed by atoms with van der Waals surface area (Å²) in [5.41, 5.74) is 4.12. The minimum absolute atomic E-state index is 0.00636. The maximum atomic E-state index is 13.6. The first-order valence-corrected chi connectivity index (χ1v) is 12.6. The van der Waals surface area contributed by atoms with Crippen molar-refractivity contribution in [1.29, 1.82) is 0 Å². The topological polar surface area (TPSA) is 114 Å². The Morgan fingerprint density at radius 1 is 1.08 bits per heavy atom. The number of hydrogen-bond acceptors (Lipinski definition) is 7. The molecule has 3 aromatic carbocycles. The highest BCUT2D eigenvalue weighted by atomic mass is 16.5. The number of aliphatic hydroxyl groups is 1. The minimum atomic E-state index is -0.905. The molecule has 1 amide bonds. The molecule has 4 aromatic rings. The third-order valence-electron chi connectivity index (χ3n) is 7.17. The highest BCUT2D eigenvalue weighted by molar-refractivity contribution is 6.51. The Balaban J connectivity index is 1.53. The average Bonchev–Trinajstić information content (AvgIpc) is 3.59. The number of anilines is 1. The third kappa shape index (κ3) is 3.98. The first-order valence-electron chi connectivity index (χ1n) is 12.6. The second kappa shape index (κ2) is 9.20. The van der Waals surface area contributed by atoms with Gasteiger partial charge in [-0.25, -0.2) is 4.98 Å². The number of ketones is 1. The van der Waals surface area contributed by atoms with Crippen LogP contribution in [0.4, 0.5) is 5.95 Å². The molecule has 3 heterocycles. The maximum absolute atomic E-state index is 13.6. The molecule has 0 bridgehead atoms. The number of carbonyl (C=O) groups excluding carboxylic acids is 2. The molecule has 0 radical (unpaired) electrons. The SMILES string of the molecule is COc1cc2nc(N3C(=O)C(=O)/C(=C(/O)c4ccc5c(c4)CC(C)O5)C3c3cccc(C)c3)[nH]c2cc1OC. The molecule has 198 valence electrons. The summed E-state index contributed by atoms with van der Waals surface area (Å²) < 4.78 is 16.6. The van der Waals surface area contributed by atoms with Gasteiger partial charge in [0.1, 0.15) is 17.6 Å². The first-order chi connectivity index (χ1) is 18.8. The predicted octanol–water partition coefficient (Wildman–Crippen LogP) is 4.84. The smallest absolute Gasteiger partial charge is 0.302 e. The zero-order valence-electron chi connectivity index (χ0n) is 21.9. The lowest BCUT2D eigenvalue weighted by Gasteiger charge is -2.23. The molecule has 2 unspecified atom stereocenters. The molecule has 0 spiro atoms. The fraction of sp³-hybridized carbons (Fsp3) is 0.233. The number of amides is 1. The molecule has 0 aliphatic carbocycles. The number of aromatic amines is 1. The summed E-state index contributed by atoms with van der Waals surface area (Å²) in [5.74, 6) is 0.0673. The second-order valence-electron chi connectivity index (χ2n) is 9.82. The lowest BCUT2D eigenvalue weighted by molar-refractivity contribution is -0.132. The summed E-state index contributed by atoms with van der Waals surface area (Å²) >= 11 is 0. The van der Waals surface area contributed by atoms with Gasteiger partial charge >= 0.3 is 5.91 Å². The number of aliphatic hydroxyl groups excluding tert-OH is 1. The summed E-state index contributed by atoms with van der Waals surface area (Å²) in [4.78, 5) is 36.2. The normalized spacial score (nSPS) is 19.8. The number of carbonyl (C=O) groups is 2. The van der Waals surface area contributed by atoms with Crippen LogP contribution in [0, 0.1) is 6.92 Å². The first kappa shape index (κ1) is 24.5. The minimum Gasteiger partial charge on any atom is -0.507 e. The molecule has 1 fully saturated rings. The van der Waals surface area contributed by atoms with Crippen molar-refractivity contribution in [2.45, 2.75) is 32.4 Å². The van der Waals surface area contributed by atoms with Crippen LogP contribution in [0.1, 0.15) is 35.2 Å². The molecule has 9 heteroatoms. The molecule has 2 aliphatic rings. The van der Waals surface area contributed by atoms with Crippen LogP contribution in [-0.2, 0) is 16.0 Å². The molecule has 39 heavy (non-hydrogen) atoms. The fourth-order valence-electron chi connectivity index (χ4n) is 5.37. The number of rotatable bonds is 5. The van der Waals surface area contributed by atoms with Gasteiger partial charge in [-0.05, 0) is 43.2 Å². The fourth-order valence-corrected chi connectivity index (χ4v) is 5.37. The van der Waals surface area contributed by atoms with Gasteiger partial charge in [0.05, 0.1) is 36.9 Å². The third-order valence-corrected chi connectivity index (χ3v) is 7.17. The van der Waals surface area contributed by atoms with E-state index < -0.39 is 17.7 Å². The number of hydrogen-bond donors (Lipinski definition) is 2.